The van der Waals surface area contributed by atoms with Gasteiger partial charge in [-0.25, -0.2) is 8.42 Å². The number of aromatic nitrogens is 1. The summed E-state index contributed by atoms with van der Waals surface area (Å²) in [6, 6.07) is 0. The number of sulfonamides is 1. The number of carbonyl (C=O) groups is 1. The predicted octanol–water partition coefficient (Wildman–Crippen LogP) is 0.144. The summed E-state index contributed by atoms with van der Waals surface area (Å²) in [5, 5.41) is 3.68. The predicted molar refractivity (Wildman–Crippen MR) is 67.0 cm³/mol. The summed E-state index contributed by atoms with van der Waals surface area (Å²) in [5.41, 5.74) is 0.367. The van der Waals surface area contributed by atoms with Crippen LogP contribution in [0.3, 0.4) is 0 Å². The maximum absolute atomic E-state index is 12.5. The lowest BCUT2D eigenvalue weighted by Crippen LogP contribution is -2.50. The second-order valence-electron chi connectivity index (χ2n) is 4.56. The molecule has 0 aromatic carbocycles. The number of piperazine rings is 1. The van der Waals surface area contributed by atoms with E-state index in [1.54, 1.807) is 18.7 Å². The maximum Gasteiger partial charge on any atom is 0.248 e. The summed E-state index contributed by atoms with van der Waals surface area (Å²) in [7, 11) is -3.59. The minimum atomic E-state index is -3.59. The number of carbonyl (C=O) groups excluding carboxylic acids is 1. The highest BCUT2D eigenvalue weighted by molar-refractivity contribution is 7.89. The van der Waals surface area contributed by atoms with Crippen LogP contribution in [0, 0.1) is 13.8 Å². The smallest absolute Gasteiger partial charge is 0.248 e. The van der Waals surface area contributed by atoms with Gasteiger partial charge in [0, 0.05) is 33.1 Å². The summed E-state index contributed by atoms with van der Waals surface area (Å²) >= 11 is 0. The van der Waals surface area contributed by atoms with Gasteiger partial charge in [-0.05, 0) is 13.8 Å². The van der Waals surface area contributed by atoms with E-state index in [9.17, 15) is 13.2 Å². The second-order valence-corrected chi connectivity index (χ2v) is 6.44. The third kappa shape index (κ3) is 2.50. The molecule has 1 amide bonds. The Kier molecular flexibility index (Phi) is 3.64. The largest absolute Gasteiger partial charge is 0.360 e. The van der Waals surface area contributed by atoms with Crippen LogP contribution in [0.4, 0.5) is 0 Å². The number of rotatable bonds is 2. The lowest BCUT2D eigenvalue weighted by Gasteiger charge is -2.33. The first kappa shape index (κ1) is 14.0. The van der Waals surface area contributed by atoms with Crippen molar-refractivity contribution in [1.82, 2.24) is 14.4 Å². The van der Waals surface area contributed by atoms with Crippen molar-refractivity contribution in [1.29, 1.82) is 0 Å². The first-order valence-electron chi connectivity index (χ1n) is 6.02. The molecule has 1 aromatic rings. The second kappa shape index (κ2) is 4.93. The molecule has 0 aliphatic carbocycles. The molecule has 2 heterocycles. The van der Waals surface area contributed by atoms with E-state index in [0.717, 1.165) is 0 Å². The van der Waals surface area contributed by atoms with Crippen LogP contribution in [0.25, 0.3) is 0 Å². The van der Waals surface area contributed by atoms with Gasteiger partial charge >= 0.3 is 0 Å². The maximum atomic E-state index is 12.5. The zero-order valence-corrected chi connectivity index (χ0v) is 12.0. The standard InChI is InChI=1S/C11H17N3O4S/c1-8-11(9(2)18-12-8)19(16,17)14-6-4-13(5-7-14)10(3)15/h4-7H2,1-3H3. The molecule has 0 radical (unpaired) electrons. The van der Waals surface area contributed by atoms with E-state index in [1.165, 1.54) is 11.2 Å². The SMILES string of the molecule is CC(=O)N1CCN(S(=O)(=O)c2c(C)noc2C)CC1. The molecule has 8 heteroatoms. The fourth-order valence-corrected chi connectivity index (χ4v) is 3.93. The van der Waals surface area contributed by atoms with Crippen LogP contribution in [0.15, 0.2) is 9.42 Å². The fourth-order valence-electron chi connectivity index (χ4n) is 2.22. The van der Waals surface area contributed by atoms with Gasteiger partial charge in [0.15, 0.2) is 5.76 Å². The Morgan fingerprint density at radius 2 is 1.79 bits per heavy atom. The molecule has 0 spiro atoms. The van der Waals surface area contributed by atoms with E-state index in [2.05, 4.69) is 5.16 Å². The normalized spacial score (nSPS) is 17.7. The third-order valence-electron chi connectivity index (χ3n) is 3.25. The first-order chi connectivity index (χ1) is 8.84. The Bertz CT molecular complexity index is 566. The summed E-state index contributed by atoms with van der Waals surface area (Å²) in [6.45, 7) is 6.10. The van der Waals surface area contributed by atoms with Crippen LogP contribution in [-0.4, -0.2) is 54.9 Å². The van der Waals surface area contributed by atoms with E-state index < -0.39 is 10.0 Å². The molecule has 1 aliphatic heterocycles. The molecule has 0 atom stereocenters. The molecule has 1 saturated heterocycles. The molecule has 1 aliphatic rings. The van der Waals surface area contributed by atoms with E-state index in [-0.39, 0.29) is 10.8 Å². The van der Waals surface area contributed by atoms with Crippen LogP contribution in [-0.2, 0) is 14.8 Å². The molecular weight excluding hydrogens is 270 g/mol. The molecule has 2 rings (SSSR count). The number of aryl methyl sites for hydroxylation is 2. The molecule has 0 unspecified atom stereocenters. The van der Waals surface area contributed by atoms with Crippen LogP contribution in [0.2, 0.25) is 0 Å². The summed E-state index contributed by atoms with van der Waals surface area (Å²) in [4.78, 5) is 13.0. The van der Waals surface area contributed by atoms with Crippen molar-refractivity contribution in [3.05, 3.63) is 11.5 Å². The van der Waals surface area contributed by atoms with Gasteiger partial charge in [-0.1, -0.05) is 5.16 Å². The molecule has 19 heavy (non-hydrogen) atoms. The van der Waals surface area contributed by atoms with Crippen LogP contribution < -0.4 is 0 Å². The van der Waals surface area contributed by atoms with Crippen molar-refractivity contribution in [2.24, 2.45) is 0 Å². The number of hydrogen-bond donors (Lipinski definition) is 0. The Hall–Kier alpha value is -1.41. The van der Waals surface area contributed by atoms with E-state index in [0.29, 0.717) is 37.6 Å². The lowest BCUT2D eigenvalue weighted by atomic mass is 10.3. The van der Waals surface area contributed by atoms with Crippen molar-refractivity contribution in [3.8, 4) is 0 Å². The quantitative estimate of drug-likeness (QED) is 0.773. The summed E-state index contributed by atoms with van der Waals surface area (Å²) < 4.78 is 31.3. The Morgan fingerprint density at radius 1 is 1.21 bits per heavy atom. The monoisotopic (exact) mass is 287 g/mol. The van der Waals surface area contributed by atoms with Crippen molar-refractivity contribution in [3.63, 3.8) is 0 Å². The van der Waals surface area contributed by atoms with Crippen molar-refractivity contribution < 1.29 is 17.7 Å². The minimum Gasteiger partial charge on any atom is -0.360 e. The third-order valence-corrected chi connectivity index (χ3v) is 5.39. The molecular formula is C11H17N3O4S. The number of amides is 1. The fraction of sp³-hybridized carbons (Fsp3) is 0.636. The molecule has 0 bridgehead atoms. The average Bonchev–Trinajstić information content (AvgIpc) is 2.69. The highest BCUT2D eigenvalue weighted by Crippen LogP contribution is 2.24. The van der Waals surface area contributed by atoms with Gasteiger partial charge in [0.1, 0.15) is 10.6 Å². The van der Waals surface area contributed by atoms with Crippen LogP contribution >= 0.6 is 0 Å². The lowest BCUT2D eigenvalue weighted by molar-refractivity contribution is -0.129. The van der Waals surface area contributed by atoms with Crippen molar-refractivity contribution in [2.75, 3.05) is 26.2 Å². The van der Waals surface area contributed by atoms with Gasteiger partial charge in [-0.15, -0.1) is 0 Å². The molecule has 1 aromatic heterocycles. The summed E-state index contributed by atoms with van der Waals surface area (Å²) in [6.07, 6.45) is 0. The van der Waals surface area contributed by atoms with Gasteiger partial charge in [-0.2, -0.15) is 4.31 Å². The zero-order chi connectivity index (χ0) is 14.2. The first-order valence-corrected chi connectivity index (χ1v) is 7.46. The molecule has 7 nitrogen and oxygen atoms in total. The zero-order valence-electron chi connectivity index (χ0n) is 11.2. The van der Waals surface area contributed by atoms with Gasteiger partial charge in [0.05, 0.1) is 0 Å². The van der Waals surface area contributed by atoms with Gasteiger partial charge < -0.3 is 9.42 Å². The van der Waals surface area contributed by atoms with Gasteiger partial charge in [0.2, 0.25) is 15.9 Å². The minimum absolute atomic E-state index is 0.0330. The Morgan fingerprint density at radius 3 is 2.21 bits per heavy atom. The van der Waals surface area contributed by atoms with Crippen molar-refractivity contribution >= 4 is 15.9 Å². The van der Waals surface area contributed by atoms with E-state index in [4.69, 9.17) is 4.52 Å². The van der Waals surface area contributed by atoms with E-state index >= 15 is 0 Å². The van der Waals surface area contributed by atoms with Crippen LogP contribution in [0.5, 0.6) is 0 Å². The van der Waals surface area contributed by atoms with Crippen molar-refractivity contribution in [2.45, 2.75) is 25.7 Å². The Labute approximate surface area is 112 Å². The van der Waals surface area contributed by atoms with Gasteiger partial charge in [-0.3, -0.25) is 4.79 Å². The molecule has 1 fully saturated rings. The molecule has 0 saturated carbocycles. The molecule has 0 N–H and O–H groups in total. The van der Waals surface area contributed by atoms with Crippen LogP contribution in [0.1, 0.15) is 18.4 Å². The average molecular weight is 287 g/mol. The topological polar surface area (TPSA) is 83.7 Å². The number of hydrogen-bond acceptors (Lipinski definition) is 5. The number of nitrogens with zero attached hydrogens (tertiary/aromatic N) is 3. The van der Waals surface area contributed by atoms with Gasteiger partial charge in [0.25, 0.3) is 0 Å². The highest BCUT2D eigenvalue weighted by atomic mass is 32.2. The summed E-state index contributed by atoms with van der Waals surface area (Å²) in [5.74, 6) is 0.265. The highest BCUT2D eigenvalue weighted by Gasteiger charge is 2.33. The Balaban J connectivity index is 2.21. The van der Waals surface area contributed by atoms with E-state index in [1.807, 2.05) is 0 Å². The molecule has 106 valence electrons.